The maximum atomic E-state index is 2.63. The number of rotatable bonds is 10. The standard InChI is InChI=1S/C53H59N2/c1-34-36(3)48(40(7)44-23-15-11-16-24-44)52(49(37(34)4)41(8)45-25-17-12-18-26-45)54-31-32-55(33-54)53-50(42(9)46-27-19-13-20-28-46)38(5)35(2)39(6)51(53)43(10)47-29-21-14-22-30-47/h11-30,33,40-43H,31-32H2,1-10H3/q+1. The zero-order valence-electron chi connectivity index (χ0n) is 34.7. The van der Waals surface area contributed by atoms with Crippen LogP contribution in [0.3, 0.4) is 0 Å². The lowest BCUT2D eigenvalue weighted by Gasteiger charge is -2.29. The summed E-state index contributed by atoms with van der Waals surface area (Å²) >= 11 is 0. The van der Waals surface area contributed by atoms with Gasteiger partial charge in [0.05, 0.1) is 0 Å². The van der Waals surface area contributed by atoms with Gasteiger partial charge in [-0.2, -0.15) is 0 Å². The van der Waals surface area contributed by atoms with Gasteiger partial charge >= 0.3 is 0 Å². The average Bonchev–Trinajstić information content (AvgIpc) is 3.72. The molecule has 6 aromatic rings. The van der Waals surface area contributed by atoms with Gasteiger partial charge in [-0.3, -0.25) is 0 Å². The van der Waals surface area contributed by atoms with Crippen LogP contribution < -0.4 is 4.90 Å². The minimum Gasteiger partial charge on any atom is -0.229 e. The van der Waals surface area contributed by atoms with Crippen LogP contribution in [0, 0.1) is 41.5 Å². The topological polar surface area (TPSA) is 6.25 Å². The molecular formula is C53H59N2+. The summed E-state index contributed by atoms with van der Waals surface area (Å²) in [4.78, 5) is 2.63. The predicted octanol–water partition coefficient (Wildman–Crippen LogP) is 13.3. The second kappa shape index (κ2) is 15.9. The SMILES string of the molecule is Cc1c(C)c(C(C)c2ccccc2)c(N2C=[N+](c3c(C(C)c4ccccc4)c(C)c(C)c(C)c3C(C)c3ccccc3)CC2)c(C(C)c2ccccc2)c1C. The molecular weight excluding hydrogens is 665 g/mol. The van der Waals surface area contributed by atoms with Crippen LogP contribution in [0.2, 0.25) is 0 Å². The summed E-state index contributed by atoms with van der Waals surface area (Å²) in [7, 11) is 0. The first-order chi connectivity index (χ1) is 26.5. The molecule has 0 saturated heterocycles. The molecule has 0 spiro atoms. The number of hydrogen-bond acceptors (Lipinski definition) is 1. The highest BCUT2D eigenvalue weighted by Crippen LogP contribution is 2.48. The lowest BCUT2D eigenvalue weighted by Crippen LogP contribution is -2.25. The monoisotopic (exact) mass is 723 g/mol. The minimum atomic E-state index is 0.228. The summed E-state index contributed by atoms with van der Waals surface area (Å²) < 4.78 is 2.63. The highest BCUT2D eigenvalue weighted by Gasteiger charge is 2.37. The van der Waals surface area contributed by atoms with E-state index < -0.39 is 0 Å². The smallest absolute Gasteiger partial charge is 0.229 e. The van der Waals surface area contributed by atoms with Gasteiger partial charge in [-0.05, 0) is 97.2 Å². The largest absolute Gasteiger partial charge is 0.244 e. The third kappa shape index (κ3) is 6.97. The average molecular weight is 724 g/mol. The number of anilines is 1. The maximum absolute atomic E-state index is 2.63. The molecule has 1 heterocycles. The van der Waals surface area contributed by atoms with Gasteiger partial charge in [0, 0.05) is 45.9 Å². The molecule has 2 heteroatoms. The zero-order chi connectivity index (χ0) is 39.0. The summed E-state index contributed by atoms with van der Waals surface area (Å²) in [5.74, 6) is 0.911. The van der Waals surface area contributed by atoms with E-state index in [9.17, 15) is 0 Å². The fourth-order valence-electron chi connectivity index (χ4n) is 9.58. The second-order valence-corrected chi connectivity index (χ2v) is 16.1. The second-order valence-electron chi connectivity index (χ2n) is 16.1. The summed E-state index contributed by atoms with van der Waals surface area (Å²) in [6, 6.07) is 44.4. The van der Waals surface area contributed by atoms with E-state index >= 15 is 0 Å². The normalized spacial score (nSPS) is 15.1. The van der Waals surface area contributed by atoms with Crippen LogP contribution in [0.1, 0.15) is 129 Å². The quantitative estimate of drug-likeness (QED) is 0.128. The van der Waals surface area contributed by atoms with E-state index in [0.29, 0.717) is 0 Å². The van der Waals surface area contributed by atoms with Crippen molar-refractivity contribution in [3.8, 4) is 0 Å². The first-order valence-corrected chi connectivity index (χ1v) is 20.4. The lowest BCUT2D eigenvalue weighted by atomic mass is 9.78. The number of nitrogens with zero attached hydrogens (tertiary/aromatic N) is 2. The molecule has 0 saturated carbocycles. The van der Waals surface area contributed by atoms with Crippen molar-refractivity contribution < 1.29 is 4.58 Å². The Kier molecular flexibility index (Phi) is 11.0. The Labute approximate surface area is 331 Å². The first-order valence-electron chi connectivity index (χ1n) is 20.4. The van der Waals surface area contributed by atoms with E-state index in [1.807, 2.05) is 0 Å². The van der Waals surface area contributed by atoms with E-state index in [2.05, 4.69) is 206 Å². The molecule has 7 rings (SSSR count). The molecule has 4 unspecified atom stereocenters. The first kappa shape index (κ1) is 38.1. The fourth-order valence-corrected chi connectivity index (χ4v) is 9.58. The molecule has 0 aromatic heterocycles. The van der Waals surface area contributed by atoms with Crippen LogP contribution in [-0.4, -0.2) is 24.0 Å². The molecule has 280 valence electrons. The van der Waals surface area contributed by atoms with Gasteiger partial charge in [-0.15, -0.1) is 0 Å². The van der Waals surface area contributed by atoms with E-state index in [0.717, 1.165) is 13.1 Å². The summed E-state index contributed by atoms with van der Waals surface area (Å²) in [5, 5.41) is 0. The van der Waals surface area contributed by atoms with E-state index in [1.165, 1.54) is 89.3 Å². The van der Waals surface area contributed by atoms with Crippen molar-refractivity contribution in [3.05, 3.63) is 199 Å². The Bertz CT molecular complexity index is 2180. The highest BCUT2D eigenvalue weighted by molar-refractivity contribution is 5.86. The molecule has 2 nitrogen and oxygen atoms in total. The predicted molar refractivity (Wildman–Crippen MR) is 235 cm³/mol. The van der Waals surface area contributed by atoms with Crippen LogP contribution in [-0.2, 0) is 0 Å². The molecule has 55 heavy (non-hydrogen) atoms. The van der Waals surface area contributed by atoms with Gasteiger partial charge in [0.2, 0.25) is 6.34 Å². The van der Waals surface area contributed by atoms with Crippen LogP contribution >= 0.6 is 0 Å². The third-order valence-corrected chi connectivity index (χ3v) is 13.3. The van der Waals surface area contributed by atoms with E-state index in [-0.39, 0.29) is 23.7 Å². The van der Waals surface area contributed by atoms with Gasteiger partial charge < -0.3 is 0 Å². The van der Waals surface area contributed by atoms with Crippen molar-refractivity contribution in [3.63, 3.8) is 0 Å². The van der Waals surface area contributed by atoms with Crippen LogP contribution in [0.5, 0.6) is 0 Å². The maximum Gasteiger partial charge on any atom is 0.244 e. The third-order valence-electron chi connectivity index (χ3n) is 13.3. The Morgan fingerprint density at radius 1 is 0.400 bits per heavy atom. The van der Waals surface area contributed by atoms with Crippen molar-refractivity contribution >= 4 is 17.7 Å². The van der Waals surface area contributed by atoms with Gasteiger partial charge in [-0.25, -0.2) is 9.48 Å². The molecule has 0 amide bonds. The number of hydrogen-bond donors (Lipinski definition) is 0. The van der Waals surface area contributed by atoms with E-state index in [1.54, 1.807) is 0 Å². The van der Waals surface area contributed by atoms with Crippen LogP contribution in [0.15, 0.2) is 121 Å². The molecule has 0 bridgehead atoms. The Morgan fingerprint density at radius 3 is 1.02 bits per heavy atom. The Balaban J connectivity index is 1.52. The molecule has 0 radical (unpaired) electrons. The molecule has 1 aliphatic heterocycles. The van der Waals surface area contributed by atoms with Gasteiger partial charge in [0.1, 0.15) is 24.5 Å². The van der Waals surface area contributed by atoms with Gasteiger partial charge in [-0.1, -0.05) is 149 Å². The zero-order valence-corrected chi connectivity index (χ0v) is 34.7. The summed E-state index contributed by atoms with van der Waals surface area (Å²) in [6.07, 6.45) is 2.48. The van der Waals surface area contributed by atoms with Gasteiger partial charge in [0.15, 0.2) is 0 Å². The van der Waals surface area contributed by atoms with Crippen molar-refractivity contribution in [1.29, 1.82) is 0 Å². The molecule has 0 N–H and O–H groups in total. The fraction of sp³-hybridized carbons (Fsp3) is 0.302. The lowest BCUT2D eigenvalue weighted by molar-refractivity contribution is -0.425. The van der Waals surface area contributed by atoms with Gasteiger partial charge in [0.25, 0.3) is 0 Å². The molecule has 0 aliphatic carbocycles. The van der Waals surface area contributed by atoms with Crippen molar-refractivity contribution in [2.24, 2.45) is 0 Å². The minimum absolute atomic E-state index is 0.228. The van der Waals surface area contributed by atoms with Crippen molar-refractivity contribution in [2.75, 3.05) is 18.0 Å². The van der Waals surface area contributed by atoms with Crippen molar-refractivity contribution in [1.82, 2.24) is 0 Å². The molecule has 6 aromatic carbocycles. The Hall–Kier alpha value is -5.21. The molecule has 1 aliphatic rings. The molecule has 0 fully saturated rings. The van der Waals surface area contributed by atoms with Crippen molar-refractivity contribution in [2.45, 2.75) is 92.9 Å². The van der Waals surface area contributed by atoms with E-state index in [4.69, 9.17) is 0 Å². The molecule has 4 atom stereocenters. The summed E-state index contributed by atoms with van der Waals surface area (Å²) in [5.41, 5.74) is 22.4. The highest BCUT2D eigenvalue weighted by atomic mass is 15.3. The van der Waals surface area contributed by atoms with Crippen LogP contribution in [0.4, 0.5) is 11.4 Å². The summed E-state index contributed by atoms with van der Waals surface area (Å²) in [6.45, 7) is 25.6. The Morgan fingerprint density at radius 2 is 0.691 bits per heavy atom. The number of benzene rings is 6. The van der Waals surface area contributed by atoms with Crippen LogP contribution in [0.25, 0.3) is 0 Å².